The average molecular weight is 335 g/mol. The van der Waals surface area contributed by atoms with Crippen molar-refractivity contribution >= 4 is 0 Å². The number of likely N-dealkylation sites (tertiary alicyclic amines) is 1. The van der Waals surface area contributed by atoms with Crippen molar-refractivity contribution in [2.45, 2.75) is 32.2 Å². The fourth-order valence-corrected chi connectivity index (χ4v) is 3.77. The molecule has 0 spiro atoms. The van der Waals surface area contributed by atoms with E-state index >= 15 is 0 Å². The molecule has 5 heteroatoms. The van der Waals surface area contributed by atoms with Gasteiger partial charge in [0.15, 0.2) is 0 Å². The van der Waals surface area contributed by atoms with Crippen molar-refractivity contribution in [3.63, 3.8) is 0 Å². The van der Waals surface area contributed by atoms with E-state index in [1.54, 1.807) is 0 Å². The maximum absolute atomic E-state index is 4.35. The molecular weight excluding hydrogens is 310 g/mol. The first kappa shape index (κ1) is 16.1. The topological polar surface area (TPSA) is 49.7 Å². The predicted octanol–water partition coefficient (Wildman–Crippen LogP) is 3.50. The first-order chi connectivity index (χ1) is 12.2. The highest BCUT2D eigenvalue weighted by atomic mass is 15.2. The van der Waals surface area contributed by atoms with Crippen molar-refractivity contribution in [3.05, 3.63) is 59.9 Å². The predicted molar refractivity (Wildman–Crippen MR) is 99.2 cm³/mol. The van der Waals surface area contributed by atoms with Gasteiger partial charge >= 0.3 is 0 Å². The first-order valence-electron chi connectivity index (χ1n) is 8.98. The van der Waals surface area contributed by atoms with E-state index in [9.17, 15) is 0 Å². The zero-order valence-electron chi connectivity index (χ0n) is 14.9. The number of piperidine rings is 1. The number of aromatic amines is 1. The number of hydrogen-bond donors (Lipinski definition) is 1. The van der Waals surface area contributed by atoms with Gasteiger partial charge in [0.1, 0.15) is 0 Å². The van der Waals surface area contributed by atoms with Gasteiger partial charge in [-0.15, -0.1) is 0 Å². The van der Waals surface area contributed by atoms with E-state index < -0.39 is 0 Å². The van der Waals surface area contributed by atoms with E-state index in [0.29, 0.717) is 5.92 Å². The molecule has 0 bridgehead atoms. The number of nitrogens with zero attached hydrogens (tertiary/aromatic N) is 4. The molecule has 0 amide bonds. The van der Waals surface area contributed by atoms with E-state index in [1.807, 2.05) is 18.7 Å². The summed E-state index contributed by atoms with van der Waals surface area (Å²) in [7, 11) is 2.06. The second-order valence-electron chi connectivity index (χ2n) is 7.13. The minimum atomic E-state index is 0.501. The quantitative estimate of drug-likeness (QED) is 0.794. The fraction of sp³-hybridized carbons (Fsp3) is 0.400. The number of aryl methyl sites for hydroxylation is 2. The van der Waals surface area contributed by atoms with E-state index in [2.05, 4.69) is 62.9 Å². The summed E-state index contributed by atoms with van der Waals surface area (Å²) in [6.45, 7) is 5.29. The molecule has 1 saturated heterocycles. The van der Waals surface area contributed by atoms with Crippen LogP contribution >= 0.6 is 0 Å². The van der Waals surface area contributed by atoms with E-state index in [0.717, 1.165) is 19.6 Å². The number of aromatic nitrogens is 4. The van der Waals surface area contributed by atoms with Gasteiger partial charge in [0.2, 0.25) is 0 Å². The normalized spacial score (nSPS) is 18.6. The summed E-state index contributed by atoms with van der Waals surface area (Å²) in [5.74, 6) is 0.501. The standard InChI is InChI=1S/C20H25N5/c1-15-5-7-16(8-6-15)19-11-22-23-20(19)17-4-3-9-25(12-17)13-18-10-21-14-24(18)2/h5-8,10-11,14,17H,3-4,9,12-13H2,1-2H3,(H,22,23). The molecule has 1 atom stereocenters. The number of imidazole rings is 1. The molecule has 2 aromatic heterocycles. The molecule has 4 rings (SSSR count). The molecule has 0 radical (unpaired) electrons. The Hall–Kier alpha value is -2.40. The highest BCUT2D eigenvalue weighted by Gasteiger charge is 2.25. The van der Waals surface area contributed by atoms with Gasteiger partial charge in [-0.2, -0.15) is 5.10 Å². The van der Waals surface area contributed by atoms with Crippen LogP contribution in [-0.4, -0.2) is 37.7 Å². The van der Waals surface area contributed by atoms with E-state index in [4.69, 9.17) is 0 Å². The molecule has 1 aliphatic heterocycles. The lowest BCUT2D eigenvalue weighted by Crippen LogP contribution is -2.34. The van der Waals surface area contributed by atoms with Crippen molar-refractivity contribution in [1.82, 2.24) is 24.6 Å². The number of hydrogen-bond acceptors (Lipinski definition) is 3. The van der Waals surface area contributed by atoms with Gasteiger partial charge in [0.05, 0.1) is 18.2 Å². The molecule has 130 valence electrons. The second-order valence-corrected chi connectivity index (χ2v) is 7.13. The van der Waals surface area contributed by atoms with Crippen molar-refractivity contribution in [2.75, 3.05) is 13.1 Å². The largest absolute Gasteiger partial charge is 0.337 e. The Morgan fingerprint density at radius 3 is 2.80 bits per heavy atom. The summed E-state index contributed by atoms with van der Waals surface area (Å²) >= 11 is 0. The second kappa shape index (κ2) is 6.84. The molecule has 1 aliphatic rings. The molecule has 0 aliphatic carbocycles. The fourth-order valence-electron chi connectivity index (χ4n) is 3.77. The van der Waals surface area contributed by atoms with Crippen LogP contribution in [0.15, 0.2) is 43.0 Å². The third-order valence-electron chi connectivity index (χ3n) is 5.25. The smallest absolute Gasteiger partial charge is 0.0945 e. The molecule has 1 fully saturated rings. The molecule has 3 aromatic rings. The third kappa shape index (κ3) is 3.37. The monoisotopic (exact) mass is 335 g/mol. The van der Waals surface area contributed by atoms with Gasteiger partial charge in [-0.05, 0) is 31.9 Å². The van der Waals surface area contributed by atoms with Gasteiger partial charge in [-0.25, -0.2) is 4.98 Å². The number of H-pyrrole nitrogens is 1. The summed E-state index contributed by atoms with van der Waals surface area (Å²) in [5, 5.41) is 7.64. The van der Waals surface area contributed by atoms with Gasteiger partial charge in [-0.3, -0.25) is 10.00 Å². The molecule has 1 aromatic carbocycles. The van der Waals surface area contributed by atoms with Crippen molar-refractivity contribution in [1.29, 1.82) is 0 Å². The Bertz CT molecular complexity index is 830. The first-order valence-corrected chi connectivity index (χ1v) is 8.98. The van der Waals surface area contributed by atoms with Crippen LogP contribution in [-0.2, 0) is 13.6 Å². The van der Waals surface area contributed by atoms with E-state index in [-0.39, 0.29) is 0 Å². The average Bonchev–Trinajstić information content (AvgIpc) is 3.26. The van der Waals surface area contributed by atoms with Crippen LogP contribution in [0, 0.1) is 6.92 Å². The number of benzene rings is 1. The van der Waals surface area contributed by atoms with Crippen molar-refractivity contribution < 1.29 is 0 Å². The van der Waals surface area contributed by atoms with Crippen LogP contribution in [0.25, 0.3) is 11.1 Å². The lowest BCUT2D eigenvalue weighted by Gasteiger charge is -2.32. The lowest BCUT2D eigenvalue weighted by molar-refractivity contribution is 0.195. The van der Waals surface area contributed by atoms with Crippen LogP contribution in [0.3, 0.4) is 0 Å². The summed E-state index contributed by atoms with van der Waals surface area (Å²) in [6.07, 6.45) is 8.25. The zero-order chi connectivity index (χ0) is 17.2. The van der Waals surface area contributed by atoms with Gasteiger partial charge in [-0.1, -0.05) is 29.8 Å². The van der Waals surface area contributed by atoms with Crippen molar-refractivity contribution in [3.8, 4) is 11.1 Å². The molecule has 1 unspecified atom stereocenters. The van der Waals surface area contributed by atoms with Gasteiger partial charge in [0.25, 0.3) is 0 Å². The van der Waals surface area contributed by atoms with Gasteiger partial charge in [0, 0.05) is 43.5 Å². The van der Waals surface area contributed by atoms with Crippen LogP contribution < -0.4 is 0 Å². The lowest BCUT2D eigenvalue weighted by atomic mass is 9.90. The maximum Gasteiger partial charge on any atom is 0.0945 e. The Balaban J connectivity index is 1.53. The summed E-state index contributed by atoms with van der Waals surface area (Å²) in [5.41, 5.74) is 6.32. The third-order valence-corrected chi connectivity index (χ3v) is 5.25. The minimum Gasteiger partial charge on any atom is -0.337 e. The van der Waals surface area contributed by atoms with Crippen LogP contribution in [0.2, 0.25) is 0 Å². The summed E-state index contributed by atoms with van der Waals surface area (Å²) < 4.78 is 2.11. The Labute approximate surface area is 148 Å². The Morgan fingerprint density at radius 1 is 1.20 bits per heavy atom. The van der Waals surface area contributed by atoms with E-state index in [1.165, 1.54) is 40.9 Å². The highest BCUT2D eigenvalue weighted by Crippen LogP contribution is 2.33. The van der Waals surface area contributed by atoms with Crippen molar-refractivity contribution in [2.24, 2.45) is 7.05 Å². The Kier molecular flexibility index (Phi) is 4.40. The Morgan fingerprint density at radius 2 is 2.04 bits per heavy atom. The highest BCUT2D eigenvalue weighted by molar-refractivity contribution is 5.66. The number of nitrogens with one attached hydrogen (secondary N) is 1. The zero-order valence-corrected chi connectivity index (χ0v) is 14.9. The molecule has 1 N–H and O–H groups in total. The van der Waals surface area contributed by atoms with Crippen LogP contribution in [0.4, 0.5) is 0 Å². The summed E-state index contributed by atoms with van der Waals surface area (Å²) in [6, 6.07) is 8.73. The molecule has 5 nitrogen and oxygen atoms in total. The van der Waals surface area contributed by atoms with Gasteiger partial charge < -0.3 is 4.57 Å². The molecule has 0 saturated carbocycles. The SMILES string of the molecule is Cc1ccc(-c2cn[nH]c2C2CCCN(Cc3cncn3C)C2)cc1. The number of rotatable bonds is 4. The van der Waals surface area contributed by atoms with Crippen LogP contribution in [0.1, 0.15) is 35.7 Å². The minimum absolute atomic E-state index is 0.501. The molecule has 25 heavy (non-hydrogen) atoms. The van der Waals surface area contributed by atoms with Crippen LogP contribution in [0.5, 0.6) is 0 Å². The molecule has 3 heterocycles. The molecular formula is C20H25N5. The maximum atomic E-state index is 4.35. The summed E-state index contributed by atoms with van der Waals surface area (Å²) in [4.78, 5) is 6.77.